The number of carbonyl (C=O) groups excluding carboxylic acids is 2. The van der Waals surface area contributed by atoms with Crippen molar-refractivity contribution in [3.8, 4) is 0 Å². The van der Waals surface area contributed by atoms with Crippen LogP contribution in [0.5, 0.6) is 0 Å². The third kappa shape index (κ3) is 4.04. The largest absolute Gasteiger partial charge is 0.323 e. The minimum Gasteiger partial charge on any atom is -0.323 e. The topological polar surface area (TPSA) is 58.2 Å². The van der Waals surface area contributed by atoms with Gasteiger partial charge in [0.15, 0.2) is 0 Å². The van der Waals surface area contributed by atoms with Gasteiger partial charge >= 0.3 is 0 Å². The molecule has 0 aliphatic heterocycles. The smallest absolute Gasteiger partial charge is 0.256 e. The van der Waals surface area contributed by atoms with Gasteiger partial charge in [0.2, 0.25) is 5.91 Å². The highest BCUT2D eigenvalue weighted by atomic mass is 79.9. The molecular weight excluding hydrogens is 394 g/mol. The molecule has 1 aliphatic rings. The highest BCUT2D eigenvalue weighted by Gasteiger charge is 2.30. The molecule has 25 heavy (non-hydrogen) atoms. The Balaban J connectivity index is 1.83. The van der Waals surface area contributed by atoms with Crippen molar-refractivity contribution in [3.63, 3.8) is 0 Å². The molecule has 2 amide bonds. The summed E-state index contributed by atoms with van der Waals surface area (Å²) in [7, 11) is 0. The van der Waals surface area contributed by atoms with Crippen LogP contribution >= 0.6 is 15.9 Å². The molecule has 4 nitrogen and oxygen atoms in total. The van der Waals surface area contributed by atoms with Gasteiger partial charge in [-0.25, -0.2) is 8.78 Å². The molecule has 2 aromatic rings. The number of amides is 2. The van der Waals surface area contributed by atoms with Gasteiger partial charge in [0.25, 0.3) is 5.91 Å². The van der Waals surface area contributed by atoms with Crippen molar-refractivity contribution in [1.82, 2.24) is 0 Å². The normalized spacial score (nSPS) is 13.4. The fourth-order valence-electron chi connectivity index (χ4n) is 2.32. The van der Waals surface area contributed by atoms with Crippen LogP contribution in [0.25, 0.3) is 0 Å². The minimum absolute atomic E-state index is 0.0412. The summed E-state index contributed by atoms with van der Waals surface area (Å²) in [5.41, 5.74) is 0.937. The third-order valence-corrected chi connectivity index (χ3v) is 4.58. The van der Waals surface area contributed by atoms with Crippen LogP contribution < -0.4 is 10.6 Å². The zero-order chi connectivity index (χ0) is 18.1. The van der Waals surface area contributed by atoms with E-state index in [1.807, 2.05) is 0 Å². The van der Waals surface area contributed by atoms with E-state index in [9.17, 15) is 18.4 Å². The minimum atomic E-state index is -0.630. The maximum absolute atomic E-state index is 14.0. The molecule has 7 heteroatoms. The van der Waals surface area contributed by atoms with Crippen molar-refractivity contribution in [3.05, 3.63) is 57.6 Å². The van der Waals surface area contributed by atoms with E-state index in [1.165, 1.54) is 24.3 Å². The predicted octanol–water partition coefficient (Wildman–Crippen LogP) is 4.64. The Bertz CT molecular complexity index is 866. The first-order valence-corrected chi connectivity index (χ1v) is 8.52. The fourth-order valence-corrected chi connectivity index (χ4v) is 2.82. The van der Waals surface area contributed by atoms with Crippen molar-refractivity contribution >= 4 is 39.1 Å². The van der Waals surface area contributed by atoms with Crippen LogP contribution in [-0.2, 0) is 4.79 Å². The van der Waals surface area contributed by atoms with Gasteiger partial charge in [-0.2, -0.15) is 0 Å². The number of rotatable bonds is 4. The van der Waals surface area contributed by atoms with Crippen molar-refractivity contribution in [2.24, 2.45) is 5.92 Å². The summed E-state index contributed by atoms with van der Waals surface area (Å²) >= 11 is 3.16. The molecule has 2 N–H and O–H groups in total. The van der Waals surface area contributed by atoms with Gasteiger partial charge in [0.05, 0.1) is 11.3 Å². The molecule has 0 atom stereocenters. The van der Waals surface area contributed by atoms with Crippen LogP contribution in [0, 0.1) is 24.5 Å². The average molecular weight is 409 g/mol. The van der Waals surface area contributed by atoms with Gasteiger partial charge < -0.3 is 10.6 Å². The number of benzene rings is 2. The van der Waals surface area contributed by atoms with E-state index in [2.05, 4.69) is 26.6 Å². The van der Waals surface area contributed by atoms with Gasteiger partial charge in [-0.1, -0.05) is 0 Å². The van der Waals surface area contributed by atoms with E-state index in [0.717, 1.165) is 18.9 Å². The molecule has 0 heterocycles. The number of hydrogen-bond donors (Lipinski definition) is 2. The molecule has 1 saturated carbocycles. The third-order valence-electron chi connectivity index (χ3n) is 3.92. The predicted molar refractivity (Wildman–Crippen MR) is 94.5 cm³/mol. The van der Waals surface area contributed by atoms with Crippen LogP contribution in [0.2, 0.25) is 0 Å². The van der Waals surface area contributed by atoms with E-state index >= 15 is 0 Å². The summed E-state index contributed by atoms with van der Waals surface area (Å²) < 4.78 is 27.6. The second-order valence-corrected chi connectivity index (χ2v) is 6.85. The molecule has 0 bridgehead atoms. The van der Waals surface area contributed by atoms with Crippen molar-refractivity contribution in [1.29, 1.82) is 0 Å². The summed E-state index contributed by atoms with van der Waals surface area (Å²) in [6, 6.07) is 6.61. The standard InChI is InChI=1S/C18H15BrF2N2O2/c1-9-6-11(4-5-14(9)20)22-18(25)12-7-16(15(21)8-13(12)19)23-17(24)10-2-3-10/h4-8,10H,2-3H2,1H3,(H,22,25)(H,23,24). The van der Waals surface area contributed by atoms with Gasteiger partial charge in [-0.3, -0.25) is 9.59 Å². The maximum atomic E-state index is 14.0. The summed E-state index contributed by atoms with van der Waals surface area (Å²) in [4.78, 5) is 24.3. The lowest BCUT2D eigenvalue weighted by molar-refractivity contribution is -0.117. The van der Waals surface area contributed by atoms with Gasteiger partial charge in [0, 0.05) is 16.1 Å². The monoisotopic (exact) mass is 408 g/mol. The average Bonchev–Trinajstić information content (AvgIpc) is 3.38. The van der Waals surface area contributed by atoms with Crippen LogP contribution in [0.3, 0.4) is 0 Å². The van der Waals surface area contributed by atoms with E-state index < -0.39 is 11.7 Å². The van der Waals surface area contributed by atoms with Gasteiger partial charge in [-0.05, 0) is 71.6 Å². The summed E-state index contributed by atoms with van der Waals surface area (Å²) in [6.07, 6.45) is 1.59. The van der Waals surface area contributed by atoms with E-state index in [4.69, 9.17) is 0 Å². The number of hydrogen-bond acceptors (Lipinski definition) is 2. The van der Waals surface area contributed by atoms with Crippen molar-refractivity contribution in [2.75, 3.05) is 10.6 Å². The lowest BCUT2D eigenvalue weighted by atomic mass is 10.1. The van der Waals surface area contributed by atoms with E-state index in [1.54, 1.807) is 6.92 Å². The van der Waals surface area contributed by atoms with E-state index in [0.29, 0.717) is 11.3 Å². The lowest BCUT2D eigenvalue weighted by Gasteiger charge is -2.11. The number of halogens is 3. The zero-order valence-electron chi connectivity index (χ0n) is 13.3. The van der Waals surface area contributed by atoms with Crippen LogP contribution in [0.4, 0.5) is 20.2 Å². The molecule has 0 saturated heterocycles. The van der Waals surface area contributed by atoms with Crippen molar-refractivity contribution in [2.45, 2.75) is 19.8 Å². The molecule has 0 unspecified atom stereocenters. The first-order valence-electron chi connectivity index (χ1n) is 7.72. The number of anilines is 2. The second kappa shape index (κ2) is 6.92. The SMILES string of the molecule is Cc1cc(NC(=O)c2cc(NC(=O)C3CC3)c(F)cc2Br)ccc1F. The molecule has 1 aliphatic carbocycles. The zero-order valence-corrected chi connectivity index (χ0v) is 14.9. The highest BCUT2D eigenvalue weighted by Crippen LogP contribution is 2.32. The Morgan fingerprint density at radius 2 is 1.80 bits per heavy atom. The van der Waals surface area contributed by atoms with Gasteiger partial charge in [0.1, 0.15) is 11.6 Å². The summed E-state index contributed by atoms with van der Waals surface area (Å²) in [6.45, 7) is 1.59. The Kier molecular flexibility index (Phi) is 4.85. The highest BCUT2D eigenvalue weighted by molar-refractivity contribution is 9.10. The molecule has 0 spiro atoms. The maximum Gasteiger partial charge on any atom is 0.256 e. The van der Waals surface area contributed by atoms with E-state index in [-0.39, 0.29) is 33.4 Å². The number of aryl methyl sites for hydroxylation is 1. The quantitative estimate of drug-likeness (QED) is 0.774. The molecule has 0 aromatic heterocycles. The Morgan fingerprint density at radius 3 is 2.44 bits per heavy atom. The van der Waals surface area contributed by atoms with Gasteiger partial charge in [-0.15, -0.1) is 0 Å². The molecule has 1 fully saturated rings. The first-order chi connectivity index (χ1) is 11.8. The van der Waals surface area contributed by atoms with Crippen molar-refractivity contribution < 1.29 is 18.4 Å². The molecule has 130 valence electrons. The van der Waals surface area contributed by atoms with Crippen LogP contribution in [0.1, 0.15) is 28.8 Å². The van der Waals surface area contributed by atoms with Crippen LogP contribution in [0.15, 0.2) is 34.8 Å². The molecule has 2 aromatic carbocycles. The Morgan fingerprint density at radius 1 is 1.08 bits per heavy atom. The molecular formula is C18H15BrF2N2O2. The lowest BCUT2D eigenvalue weighted by Crippen LogP contribution is -2.17. The summed E-state index contributed by atoms with van der Waals surface area (Å²) in [5, 5.41) is 5.14. The Labute approximate surface area is 151 Å². The first kappa shape index (κ1) is 17.5. The number of carbonyl (C=O) groups is 2. The second-order valence-electron chi connectivity index (χ2n) is 5.99. The fraction of sp³-hybridized carbons (Fsp3) is 0.222. The molecule has 3 rings (SSSR count). The number of nitrogens with one attached hydrogen (secondary N) is 2. The van der Waals surface area contributed by atoms with Crippen LogP contribution in [-0.4, -0.2) is 11.8 Å². The Hall–Kier alpha value is -2.28. The summed E-state index contributed by atoms with van der Waals surface area (Å²) in [5.74, 6) is -1.83. The molecule has 0 radical (unpaired) electrons.